The van der Waals surface area contributed by atoms with Crippen molar-refractivity contribution in [1.82, 2.24) is 0 Å². The van der Waals surface area contributed by atoms with Crippen molar-refractivity contribution in [1.29, 1.82) is 0 Å². The van der Waals surface area contributed by atoms with Crippen LogP contribution in [0.2, 0.25) is 0 Å². The maximum Gasteiger partial charge on any atom is 0.262 e. The quantitative estimate of drug-likeness (QED) is 0.596. The van der Waals surface area contributed by atoms with Gasteiger partial charge in [-0.3, -0.25) is 0 Å². The topological polar surface area (TPSA) is 34.0 Å². The highest BCUT2D eigenvalue weighted by Crippen LogP contribution is 2.21. The van der Waals surface area contributed by atoms with E-state index < -0.39 is 0 Å². The summed E-state index contributed by atoms with van der Waals surface area (Å²) in [5, 5.41) is 0. The summed E-state index contributed by atoms with van der Waals surface area (Å²) in [6.07, 6.45) is 0. The number of para-hydroxylation sites is 1. The molecule has 1 aliphatic heterocycles. The van der Waals surface area contributed by atoms with E-state index in [1.54, 1.807) is 0 Å². The molecule has 2 aromatic carbocycles. The van der Waals surface area contributed by atoms with Gasteiger partial charge < -0.3 is 4.74 Å². The number of nitrogens with zero attached hydrogens (tertiary/aromatic N) is 2. The Morgan fingerprint density at radius 3 is 2.26 bits per heavy atom. The zero-order chi connectivity index (χ0) is 16.4. The van der Waals surface area contributed by atoms with Crippen LogP contribution in [0.25, 0.3) is 0 Å². The van der Waals surface area contributed by atoms with E-state index in [-0.39, 0.29) is 5.54 Å². The number of aliphatic imine (C=N–C) groups is 2. The first-order valence-corrected chi connectivity index (χ1v) is 9.90. The van der Waals surface area contributed by atoms with E-state index in [1.165, 1.54) is 8.85 Å². The first-order valence-electron chi connectivity index (χ1n) is 7.90. The number of hydrogen-bond acceptors (Lipinski definition) is 3. The van der Waals surface area contributed by atoms with Crippen LogP contribution >= 0.6 is 0 Å². The molecule has 2 aromatic rings. The molecule has 0 bridgehead atoms. The van der Waals surface area contributed by atoms with Crippen LogP contribution in [0, 0.1) is 0 Å². The van der Waals surface area contributed by atoms with E-state index >= 15 is 0 Å². The van der Waals surface area contributed by atoms with Gasteiger partial charge in [-0.15, -0.1) is 0 Å². The van der Waals surface area contributed by atoms with Gasteiger partial charge in [0, 0.05) is 11.3 Å². The Bertz CT molecular complexity index is 763. The van der Waals surface area contributed by atoms with E-state index in [4.69, 9.17) is 14.7 Å². The van der Waals surface area contributed by atoms with E-state index in [1.807, 2.05) is 18.2 Å². The molecule has 0 spiro atoms. The second-order valence-electron chi connectivity index (χ2n) is 6.58. The number of rotatable bonds is 3. The highest BCUT2D eigenvalue weighted by molar-refractivity contribution is 6.48. The summed E-state index contributed by atoms with van der Waals surface area (Å²) in [5.41, 5.74) is 2.82. The van der Waals surface area contributed by atoms with Crippen LogP contribution in [0.4, 0.5) is 5.69 Å². The molecule has 23 heavy (non-hydrogen) atoms. The molecular formula is C18H20Al2N2O. The fraction of sp³-hybridized carbons (Fsp3) is 0.222. The maximum absolute atomic E-state index is 5.88. The van der Waals surface area contributed by atoms with Crippen molar-refractivity contribution >= 4 is 58.7 Å². The van der Waals surface area contributed by atoms with Gasteiger partial charge in [0.05, 0.1) is 5.54 Å². The van der Waals surface area contributed by atoms with Crippen LogP contribution in [0.3, 0.4) is 0 Å². The Morgan fingerprint density at radius 2 is 1.70 bits per heavy atom. The molecule has 5 heteroatoms. The SMILES string of the molecule is CC1(C)COC(C(=Nc2[c]([AlH2])ccc[c]2[AlH2])c2ccccc2)=N1. The predicted molar refractivity (Wildman–Crippen MR) is 103 cm³/mol. The molecule has 1 heterocycles. The van der Waals surface area contributed by atoms with Gasteiger partial charge in [-0.1, -0.05) is 57.4 Å². The fourth-order valence-corrected chi connectivity index (χ4v) is 4.53. The molecule has 0 unspecified atom stereocenters. The van der Waals surface area contributed by atoms with Crippen LogP contribution in [0.5, 0.6) is 0 Å². The average Bonchev–Trinajstić information content (AvgIpc) is 2.88. The van der Waals surface area contributed by atoms with Crippen molar-refractivity contribution in [2.24, 2.45) is 9.98 Å². The normalized spacial score (nSPS) is 16.8. The minimum Gasteiger partial charge on any atom is -0.474 e. The molecule has 3 rings (SSSR count). The second kappa shape index (κ2) is 6.64. The van der Waals surface area contributed by atoms with Gasteiger partial charge in [-0.05, 0) is 13.8 Å². The van der Waals surface area contributed by atoms with Crippen molar-refractivity contribution in [3.05, 3.63) is 54.1 Å². The third kappa shape index (κ3) is 3.77. The lowest BCUT2D eigenvalue weighted by Crippen LogP contribution is -2.20. The van der Waals surface area contributed by atoms with Crippen LogP contribution in [0.15, 0.2) is 58.5 Å². The van der Waals surface area contributed by atoms with Gasteiger partial charge in [0.2, 0.25) is 5.90 Å². The molecule has 114 valence electrons. The molecule has 0 atom stereocenters. The summed E-state index contributed by atoms with van der Waals surface area (Å²) in [6, 6.07) is 16.7. The van der Waals surface area contributed by atoms with Crippen LogP contribution in [-0.4, -0.2) is 56.3 Å². The van der Waals surface area contributed by atoms with E-state index in [9.17, 15) is 0 Å². The Kier molecular flexibility index (Phi) is 4.76. The predicted octanol–water partition coefficient (Wildman–Crippen LogP) is 0.531. The van der Waals surface area contributed by atoms with Gasteiger partial charge in [-0.25, -0.2) is 9.98 Å². The molecule has 0 aliphatic carbocycles. The third-order valence-electron chi connectivity index (χ3n) is 3.88. The zero-order valence-corrected chi connectivity index (χ0v) is 18.1. The standard InChI is InChI=1S/C18H16N2O.2Al.4H/c1-18(2)13-21-17(20-18)16(14-9-5-3-6-10-14)19-15-11-7-4-8-12-15;;;;;;/h3-10H,13H2,1-2H3;;;;;;. The van der Waals surface area contributed by atoms with Gasteiger partial charge >= 0.3 is 0 Å². The lowest BCUT2D eigenvalue weighted by atomic mass is 10.1. The summed E-state index contributed by atoms with van der Waals surface area (Å²) in [7, 11) is 0. The lowest BCUT2D eigenvalue weighted by Gasteiger charge is -2.10. The molecular weight excluding hydrogens is 314 g/mol. The number of ether oxygens (including phenoxy) is 1. The smallest absolute Gasteiger partial charge is 0.262 e. The van der Waals surface area contributed by atoms with Crippen LogP contribution in [0.1, 0.15) is 19.4 Å². The van der Waals surface area contributed by atoms with E-state index in [2.05, 4.69) is 44.2 Å². The summed E-state index contributed by atoms with van der Waals surface area (Å²) in [6.45, 7) is 4.77. The largest absolute Gasteiger partial charge is 0.474 e. The lowest BCUT2D eigenvalue weighted by molar-refractivity contribution is 0.282. The first-order chi connectivity index (χ1) is 11.0. The van der Waals surface area contributed by atoms with Gasteiger partial charge in [0.1, 0.15) is 12.3 Å². The van der Waals surface area contributed by atoms with Crippen molar-refractivity contribution < 1.29 is 4.74 Å². The maximum atomic E-state index is 5.88. The van der Waals surface area contributed by atoms with Gasteiger partial charge in [-0.2, -0.15) is 0 Å². The molecule has 1 aliphatic rings. The van der Waals surface area contributed by atoms with Crippen molar-refractivity contribution in [3.63, 3.8) is 0 Å². The Labute approximate surface area is 153 Å². The molecule has 0 aromatic heterocycles. The highest BCUT2D eigenvalue weighted by atomic mass is 27.1. The third-order valence-corrected chi connectivity index (χ3v) is 5.49. The van der Waals surface area contributed by atoms with Crippen molar-refractivity contribution in [2.45, 2.75) is 19.4 Å². The van der Waals surface area contributed by atoms with Crippen LogP contribution in [-0.2, 0) is 4.74 Å². The summed E-state index contributed by atoms with van der Waals surface area (Å²) in [4.78, 5) is 9.74. The molecule has 0 fully saturated rings. The highest BCUT2D eigenvalue weighted by Gasteiger charge is 2.29. The van der Waals surface area contributed by atoms with E-state index in [0.717, 1.165) is 49.5 Å². The minimum atomic E-state index is -0.185. The summed E-state index contributed by atoms with van der Waals surface area (Å²) < 4.78 is 8.52. The van der Waals surface area contributed by atoms with Crippen molar-refractivity contribution in [2.75, 3.05) is 6.61 Å². The molecule has 0 amide bonds. The Hall–Kier alpha value is -1.36. The number of hydrogen-bond donors (Lipinski definition) is 0. The Morgan fingerprint density at radius 1 is 1.04 bits per heavy atom. The van der Waals surface area contributed by atoms with Gasteiger partial charge in [0.15, 0.2) is 0 Å². The molecule has 0 N–H and O–H groups in total. The monoisotopic (exact) mass is 334 g/mol. The van der Waals surface area contributed by atoms with Gasteiger partial charge in [0.25, 0.3) is 32.6 Å². The molecule has 3 nitrogen and oxygen atoms in total. The zero-order valence-electron chi connectivity index (χ0n) is 14.1. The molecule has 0 radical (unpaired) electrons. The molecule has 0 saturated carbocycles. The first kappa shape index (κ1) is 16.5. The second-order valence-corrected chi connectivity index (χ2v) is 8.74. The van der Waals surface area contributed by atoms with Crippen molar-refractivity contribution in [3.8, 4) is 0 Å². The summed E-state index contributed by atoms with van der Waals surface area (Å²) >= 11 is 1.96. The summed E-state index contributed by atoms with van der Waals surface area (Å²) in [5.74, 6) is 0.659. The minimum absolute atomic E-state index is 0.185. The fourth-order valence-electron chi connectivity index (χ4n) is 2.63. The average molecular weight is 334 g/mol. The van der Waals surface area contributed by atoms with E-state index in [0.29, 0.717) is 12.5 Å². The van der Waals surface area contributed by atoms with Crippen LogP contribution < -0.4 is 8.85 Å². The number of benzene rings is 2. The Balaban J connectivity index is 2.15. The molecule has 0 saturated heterocycles.